The molecule has 0 unspecified atom stereocenters. The minimum absolute atomic E-state index is 0.0429. The van der Waals surface area contributed by atoms with Crippen molar-refractivity contribution in [3.05, 3.63) is 57.6 Å². The molecule has 1 N–H and O–H groups in total. The van der Waals surface area contributed by atoms with Gasteiger partial charge in [-0.2, -0.15) is 5.26 Å². The molecule has 31 heavy (non-hydrogen) atoms. The number of nitriles is 1. The van der Waals surface area contributed by atoms with E-state index in [0.717, 1.165) is 10.0 Å². The first-order valence-corrected chi connectivity index (χ1v) is 10.2. The maximum atomic E-state index is 12.2. The zero-order valence-corrected chi connectivity index (χ0v) is 19.3. The lowest BCUT2D eigenvalue weighted by molar-refractivity contribution is -0.136. The van der Waals surface area contributed by atoms with Gasteiger partial charge in [-0.25, -0.2) is 4.79 Å². The van der Waals surface area contributed by atoms with E-state index in [1.54, 1.807) is 38.1 Å². The van der Waals surface area contributed by atoms with Crippen molar-refractivity contribution in [2.24, 2.45) is 0 Å². The van der Waals surface area contributed by atoms with Crippen LogP contribution in [0.15, 0.2) is 46.4 Å². The van der Waals surface area contributed by atoms with Crippen molar-refractivity contribution in [1.29, 1.82) is 5.26 Å². The quantitative estimate of drug-likeness (QED) is 0.260. The molecule has 0 fully saturated rings. The van der Waals surface area contributed by atoms with Crippen molar-refractivity contribution in [3.8, 4) is 23.3 Å². The number of carbonyl (C=O) groups excluding carboxylic acids is 2. The van der Waals surface area contributed by atoms with Crippen molar-refractivity contribution >= 4 is 33.9 Å². The number of nitrogens with zero attached hydrogens (tertiary/aromatic N) is 1. The summed E-state index contributed by atoms with van der Waals surface area (Å²) in [5.41, 5.74) is 1.49. The van der Waals surface area contributed by atoms with Gasteiger partial charge in [0, 0.05) is 10.5 Å². The van der Waals surface area contributed by atoms with Crippen molar-refractivity contribution in [2.45, 2.75) is 26.8 Å². The van der Waals surface area contributed by atoms with Gasteiger partial charge in [-0.1, -0.05) is 22.0 Å². The Kier molecular flexibility index (Phi) is 8.64. The molecule has 162 valence electrons. The van der Waals surface area contributed by atoms with Gasteiger partial charge >= 0.3 is 5.97 Å². The van der Waals surface area contributed by atoms with E-state index in [-0.39, 0.29) is 29.7 Å². The number of methoxy groups -OCH3 is 1. The molecule has 2 rings (SSSR count). The number of ether oxygens (including phenoxy) is 3. The number of halogens is 1. The highest BCUT2D eigenvalue weighted by atomic mass is 79.9. The number of nitrogens with one attached hydrogen (secondary N) is 1. The number of amides is 1. The lowest BCUT2D eigenvalue weighted by Gasteiger charge is -2.11. The molecule has 0 aliphatic carbocycles. The molecule has 0 bridgehead atoms. The number of hydrogen-bond donors (Lipinski definition) is 1. The second kappa shape index (κ2) is 11.2. The molecule has 2 aromatic rings. The SMILES string of the molecule is COc1cc(/C=C(\C#N)C(=O)NC(C)C)ccc1OC(=O)COc1ccc(Br)c(C)c1. The fourth-order valence-electron chi connectivity index (χ4n) is 2.51. The van der Waals surface area contributed by atoms with Gasteiger partial charge in [0.15, 0.2) is 18.1 Å². The molecule has 2 aromatic carbocycles. The summed E-state index contributed by atoms with van der Waals surface area (Å²) in [6.45, 7) is 5.25. The molecule has 0 atom stereocenters. The van der Waals surface area contributed by atoms with Crippen LogP contribution in [0, 0.1) is 18.3 Å². The molecule has 0 spiro atoms. The van der Waals surface area contributed by atoms with E-state index in [9.17, 15) is 14.9 Å². The highest BCUT2D eigenvalue weighted by molar-refractivity contribution is 9.10. The first-order chi connectivity index (χ1) is 14.7. The van der Waals surface area contributed by atoms with Crippen molar-refractivity contribution in [3.63, 3.8) is 0 Å². The maximum Gasteiger partial charge on any atom is 0.349 e. The van der Waals surface area contributed by atoms with E-state index in [0.29, 0.717) is 11.3 Å². The van der Waals surface area contributed by atoms with Crippen LogP contribution in [0.2, 0.25) is 0 Å². The summed E-state index contributed by atoms with van der Waals surface area (Å²) in [5, 5.41) is 11.9. The van der Waals surface area contributed by atoms with E-state index in [1.807, 2.05) is 19.1 Å². The first kappa shape index (κ1) is 24.0. The molecule has 0 heterocycles. The van der Waals surface area contributed by atoms with Crippen molar-refractivity contribution in [1.82, 2.24) is 5.32 Å². The molecular formula is C23H23BrN2O5. The van der Waals surface area contributed by atoms with Crippen LogP contribution >= 0.6 is 15.9 Å². The van der Waals surface area contributed by atoms with Gasteiger partial charge in [-0.3, -0.25) is 4.79 Å². The second-order valence-electron chi connectivity index (χ2n) is 6.88. The zero-order valence-electron chi connectivity index (χ0n) is 17.7. The minimum Gasteiger partial charge on any atom is -0.493 e. The van der Waals surface area contributed by atoms with Gasteiger partial charge in [0.2, 0.25) is 0 Å². The molecular weight excluding hydrogens is 464 g/mol. The van der Waals surface area contributed by atoms with Crippen molar-refractivity contribution in [2.75, 3.05) is 13.7 Å². The molecule has 0 aliphatic heterocycles. The predicted molar refractivity (Wildman–Crippen MR) is 120 cm³/mol. The van der Waals surface area contributed by atoms with Gasteiger partial charge in [0.1, 0.15) is 17.4 Å². The van der Waals surface area contributed by atoms with Gasteiger partial charge in [0.25, 0.3) is 5.91 Å². The molecule has 0 aliphatic rings. The Morgan fingerprint density at radius 2 is 1.94 bits per heavy atom. The van der Waals surface area contributed by atoms with Crippen molar-refractivity contribution < 1.29 is 23.8 Å². The molecule has 8 heteroatoms. The summed E-state index contributed by atoms with van der Waals surface area (Å²) in [6, 6.07) is 11.9. The number of esters is 1. The van der Waals surface area contributed by atoms with E-state index < -0.39 is 11.9 Å². The maximum absolute atomic E-state index is 12.2. The Bertz CT molecular complexity index is 1040. The largest absolute Gasteiger partial charge is 0.493 e. The number of carbonyl (C=O) groups is 2. The summed E-state index contributed by atoms with van der Waals surface area (Å²) in [5.74, 6) is -0.0363. The zero-order chi connectivity index (χ0) is 23.0. The topological polar surface area (TPSA) is 97.6 Å². The summed E-state index contributed by atoms with van der Waals surface area (Å²) in [4.78, 5) is 24.3. The summed E-state index contributed by atoms with van der Waals surface area (Å²) in [7, 11) is 1.43. The fraction of sp³-hybridized carbons (Fsp3) is 0.261. The number of benzene rings is 2. The smallest absolute Gasteiger partial charge is 0.349 e. The number of rotatable bonds is 8. The lowest BCUT2D eigenvalue weighted by atomic mass is 10.1. The molecule has 1 amide bonds. The lowest BCUT2D eigenvalue weighted by Crippen LogP contribution is -2.30. The fourth-order valence-corrected chi connectivity index (χ4v) is 2.76. The average Bonchev–Trinajstić information content (AvgIpc) is 2.73. The number of hydrogen-bond acceptors (Lipinski definition) is 6. The highest BCUT2D eigenvalue weighted by Crippen LogP contribution is 2.29. The van der Waals surface area contributed by atoms with Crippen LogP contribution in [0.1, 0.15) is 25.0 Å². The molecule has 0 saturated carbocycles. The highest BCUT2D eigenvalue weighted by Gasteiger charge is 2.14. The Morgan fingerprint density at radius 1 is 1.19 bits per heavy atom. The molecule has 0 saturated heterocycles. The van der Waals surface area contributed by atoms with E-state index in [4.69, 9.17) is 14.2 Å². The van der Waals surface area contributed by atoms with Crippen LogP contribution in [0.25, 0.3) is 6.08 Å². The van der Waals surface area contributed by atoms with E-state index in [2.05, 4.69) is 21.2 Å². The summed E-state index contributed by atoms with van der Waals surface area (Å²) < 4.78 is 17.0. The van der Waals surface area contributed by atoms with Gasteiger partial charge in [-0.05, 0) is 68.3 Å². The predicted octanol–water partition coefficient (Wildman–Crippen LogP) is 4.18. The first-order valence-electron chi connectivity index (χ1n) is 9.43. The van der Waals surface area contributed by atoms with Crippen LogP contribution < -0.4 is 19.5 Å². The van der Waals surface area contributed by atoms with Crippen LogP contribution in [0.3, 0.4) is 0 Å². The second-order valence-corrected chi connectivity index (χ2v) is 7.74. The summed E-state index contributed by atoms with van der Waals surface area (Å²) in [6.07, 6.45) is 1.44. The Morgan fingerprint density at radius 3 is 2.55 bits per heavy atom. The third-order valence-corrected chi connectivity index (χ3v) is 4.88. The molecule has 0 aromatic heterocycles. The minimum atomic E-state index is -0.601. The van der Waals surface area contributed by atoms with Crippen LogP contribution in [0.5, 0.6) is 17.2 Å². The Labute approximate surface area is 189 Å². The molecule has 0 radical (unpaired) electrons. The van der Waals surface area contributed by atoms with Crippen LogP contribution in [-0.2, 0) is 9.59 Å². The summed E-state index contributed by atoms with van der Waals surface area (Å²) >= 11 is 3.41. The van der Waals surface area contributed by atoms with Crippen LogP contribution in [0.4, 0.5) is 0 Å². The monoisotopic (exact) mass is 486 g/mol. The third-order valence-electron chi connectivity index (χ3n) is 3.99. The van der Waals surface area contributed by atoms with Gasteiger partial charge in [0.05, 0.1) is 7.11 Å². The number of aryl methyl sites for hydroxylation is 1. The van der Waals surface area contributed by atoms with Gasteiger partial charge < -0.3 is 19.5 Å². The molecule has 7 nitrogen and oxygen atoms in total. The normalized spacial score (nSPS) is 10.9. The van der Waals surface area contributed by atoms with E-state index in [1.165, 1.54) is 19.3 Å². The third kappa shape index (κ3) is 7.15. The standard InChI is InChI=1S/C23H23BrN2O5/c1-14(2)26-23(28)17(12-25)10-16-5-8-20(21(11-16)29-4)31-22(27)13-30-18-6-7-19(24)15(3)9-18/h5-11,14H,13H2,1-4H3,(H,26,28)/b17-10+. The Balaban J connectivity index is 2.09. The average molecular weight is 487 g/mol. The van der Waals surface area contributed by atoms with Gasteiger partial charge in [-0.15, -0.1) is 0 Å². The van der Waals surface area contributed by atoms with E-state index >= 15 is 0 Å². The van der Waals surface area contributed by atoms with Crippen LogP contribution in [-0.4, -0.2) is 31.6 Å². The Hall–Kier alpha value is -3.31.